The van der Waals surface area contributed by atoms with Gasteiger partial charge in [-0.2, -0.15) is 0 Å². The van der Waals surface area contributed by atoms with Gasteiger partial charge in [-0.15, -0.1) is 0 Å². The smallest absolute Gasteiger partial charge is 0.165 e. The topological polar surface area (TPSA) is 51.6 Å². The van der Waals surface area contributed by atoms with Gasteiger partial charge in [0.05, 0.1) is 13.7 Å². The second-order valence-electron chi connectivity index (χ2n) is 7.05. The molecule has 29 heavy (non-hydrogen) atoms. The van der Waals surface area contributed by atoms with Crippen LogP contribution >= 0.6 is 0 Å². The Balaban J connectivity index is 2.00. The number of rotatable bonds is 6. The van der Waals surface area contributed by atoms with E-state index in [-0.39, 0.29) is 11.5 Å². The van der Waals surface area contributed by atoms with Crippen LogP contribution in [0.2, 0.25) is 0 Å². The van der Waals surface area contributed by atoms with E-state index in [1.54, 1.807) is 18.2 Å². The maximum absolute atomic E-state index is 13.7. The molecule has 0 amide bonds. The highest BCUT2D eigenvalue weighted by Crippen LogP contribution is 2.33. The highest BCUT2D eigenvalue weighted by atomic mass is 19.1. The summed E-state index contributed by atoms with van der Waals surface area (Å²) in [6.45, 7) is 8.82. The van der Waals surface area contributed by atoms with Gasteiger partial charge in [-0.05, 0) is 86.3 Å². The van der Waals surface area contributed by atoms with Crippen molar-refractivity contribution in [1.82, 2.24) is 4.98 Å². The largest absolute Gasteiger partial charge is 0.506 e. The van der Waals surface area contributed by atoms with E-state index >= 15 is 0 Å². The molecule has 0 atom stereocenters. The zero-order chi connectivity index (χ0) is 21.1. The number of halogens is 1. The Hall–Kier alpha value is -3.08. The number of methoxy groups -OCH3 is 1. The van der Waals surface area contributed by atoms with Crippen LogP contribution in [0.25, 0.3) is 11.3 Å². The Morgan fingerprint density at radius 3 is 2.45 bits per heavy atom. The molecule has 3 rings (SSSR count). The fourth-order valence-electron chi connectivity index (χ4n) is 3.47. The molecule has 0 unspecified atom stereocenters. The third-order valence-corrected chi connectivity index (χ3v) is 5.22. The summed E-state index contributed by atoms with van der Waals surface area (Å²) in [4.78, 5) is 4.65. The van der Waals surface area contributed by atoms with E-state index in [0.717, 1.165) is 22.6 Å². The molecule has 152 valence electrons. The van der Waals surface area contributed by atoms with E-state index in [1.165, 1.54) is 24.3 Å². The van der Waals surface area contributed by atoms with E-state index in [4.69, 9.17) is 9.47 Å². The number of hydrogen-bond donors (Lipinski definition) is 1. The summed E-state index contributed by atoms with van der Waals surface area (Å²) in [5.41, 5.74) is 6.43. The van der Waals surface area contributed by atoms with Crippen molar-refractivity contribution < 1.29 is 19.0 Å². The zero-order valence-corrected chi connectivity index (χ0v) is 17.5. The molecule has 5 heteroatoms. The lowest BCUT2D eigenvalue weighted by atomic mass is 9.93. The first-order valence-electron chi connectivity index (χ1n) is 9.61. The lowest BCUT2D eigenvalue weighted by molar-refractivity contribution is 0.337. The minimum atomic E-state index is -0.456. The number of aryl methyl sites for hydroxylation is 1. The van der Waals surface area contributed by atoms with Crippen molar-refractivity contribution in [1.29, 1.82) is 0 Å². The van der Waals surface area contributed by atoms with Crippen molar-refractivity contribution in [2.45, 2.75) is 34.1 Å². The van der Waals surface area contributed by atoms with Crippen molar-refractivity contribution in [3.05, 3.63) is 70.2 Å². The third kappa shape index (κ3) is 4.19. The molecule has 0 aliphatic heterocycles. The summed E-state index contributed by atoms with van der Waals surface area (Å²) in [6.07, 6.45) is 0.622. The van der Waals surface area contributed by atoms with Gasteiger partial charge < -0.3 is 14.6 Å². The van der Waals surface area contributed by atoms with E-state index in [9.17, 15) is 9.50 Å². The zero-order valence-electron chi connectivity index (χ0n) is 17.5. The van der Waals surface area contributed by atoms with Gasteiger partial charge in [0.1, 0.15) is 17.2 Å². The molecule has 0 radical (unpaired) electrons. The Morgan fingerprint density at radius 2 is 1.76 bits per heavy atom. The summed E-state index contributed by atoms with van der Waals surface area (Å²) in [6, 6.07) is 9.93. The van der Waals surface area contributed by atoms with Gasteiger partial charge in [-0.25, -0.2) is 9.37 Å². The second kappa shape index (κ2) is 8.52. The van der Waals surface area contributed by atoms with E-state index in [2.05, 4.69) is 31.8 Å². The Kier molecular flexibility index (Phi) is 6.06. The number of ether oxygens (including phenoxy) is 2. The molecule has 0 aliphatic rings. The van der Waals surface area contributed by atoms with Crippen molar-refractivity contribution in [2.75, 3.05) is 13.7 Å². The number of benzene rings is 2. The Morgan fingerprint density at radius 1 is 1.00 bits per heavy atom. The van der Waals surface area contributed by atoms with Gasteiger partial charge in [-0.1, -0.05) is 0 Å². The highest BCUT2D eigenvalue weighted by molar-refractivity contribution is 5.67. The van der Waals surface area contributed by atoms with E-state index in [0.29, 0.717) is 24.3 Å². The van der Waals surface area contributed by atoms with Crippen LogP contribution in [0.1, 0.15) is 34.9 Å². The lowest BCUT2D eigenvalue weighted by Gasteiger charge is -2.17. The first-order chi connectivity index (χ1) is 13.8. The summed E-state index contributed by atoms with van der Waals surface area (Å²) in [5, 5.41) is 10.3. The van der Waals surface area contributed by atoms with Crippen LogP contribution in [0.5, 0.6) is 17.2 Å². The average Bonchev–Trinajstić information content (AvgIpc) is 2.71. The fraction of sp³-hybridized carbons (Fsp3) is 0.292. The maximum Gasteiger partial charge on any atom is 0.165 e. The average molecular weight is 395 g/mol. The monoisotopic (exact) mass is 395 g/mol. The molecule has 0 saturated carbocycles. The van der Waals surface area contributed by atoms with Gasteiger partial charge in [0.25, 0.3) is 0 Å². The highest BCUT2D eigenvalue weighted by Gasteiger charge is 2.15. The van der Waals surface area contributed by atoms with Gasteiger partial charge in [-0.3, -0.25) is 0 Å². The molecular formula is C24H26FNO3. The quantitative estimate of drug-likeness (QED) is 0.597. The van der Waals surface area contributed by atoms with Gasteiger partial charge >= 0.3 is 0 Å². The SMILES string of the molecule is CCOc1cc(C)c(Cc2ccc(O)c(-c3ccc(F)c(OC)c3)n2)c(C)c1C. The molecule has 0 fully saturated rings. The Bertz CT molecular complexity index is 1050. The first-order valence-corrected chi connectivity index (χ1v) is 9.61. The van der Waals surface area contributed by atoms with Crippen molar-refractivity contribution in [3.63, 3.8) is 0 Å². The van der Waals surface area contributed by atoms with Crippen LogP contribution < -0.4 is 9.47 Å². The van der Waals surface area contributed by atoms with Crippen molar-refractivity contribution >= 4 is 0 Å². The molecule has 1 aromatic heterocycles. The van der Waals surface area contributed by atoms with Crippen LogP contribution in [0.3, 0.4) is 0 Å². The van der Waals surface area contributed by atoms with Crippen LogP contribution in [-0.4, -0.2) is 23.8 Å². The predicted molar refractivity (Wildman–Crippen MR) is 112 cm³/mol. The molecule has 1 heterocycles. The van der Waals surface area contributed by atoms with Crippen LogP contribution in [0.4, 0.5) is 4.39 Å². The molecule has 1 N–H and O–H groups in total. The molecule has 0 bridgehead atoms. The lowest BCUT2D eigenvalue weighted by Crippen LogP contribution is -2.04. The Labute approximate surface area is 171 Å². The number of nitrogens with zero attached hydrogens (tertiary/aromatic N) is 1. The van der Waals surface area contributed by atoms with Crippen LogP contribution in [0, 0.1) is 26.6 Å². The standard InChI is InChI=1S/C24H26FNO3/c1-6-29-22-11-14(2)19(15(3)16(22)4)13-18-8-10-21(27)24(26-18)17-7-9-20(25)23(12-17)28-5/h7-12,27H,6,13H2,1-5H3. The van der Waals surface area contributed by atoms with E-state index < -0.39 is 5.82 Å². The summed E-state index contributed by atoms with van der Waals surface area (Å²) in [7, 11) is 1.41. The molecule has 0 spiro atoms. The van der Waals surface area contributed by atoms with Gasteiger partial charge in [0.15, 0.2) is 11.6 Å². The molecule has 0 aliphatic carbocycles. The third-order valence-electron chi connectivity index (χ3n) is 5.22. The van der Waals surface area contributed by atoms with Crippen LogP contribution in [-0.2, 0) is 6.42 Å². The van der Waals surface area contributed by atoms with Crippen LogP contribution in [0.15, 0.2) is 36.4 Å². The number of aromatic hydroxyl groups is 1. The maximum atomic E-state index is 13.7. The number of pyridine rings is 1. The van der Waals surface area contributed by atoms with Gasteiger partial charge in [0.2, 0.25) is 0 Å². The molecule has 2 aromatic carbocycles. The minimum Gasteiger partial charge on any atom is -0.506 e. The first kappa shape index (κ1) is 20.6. The van der Waals surface area contributed by atoms with Gasteiger partial charge in [0, 0.05) is 17.7 Å². The predicted octanol–water partition coefficient (Wildman–Crippen LogP) is 5.52. The fourth-order valence-corrected chi connectivity index (χ4v) is 3.47. The normalized spacial score (nSPS) is 10.8. The van der Waals surface area contributed by atoms with Crippen molar-refractivity contribution in [2.24, 2.45) is 0 Å². The summed E-state index contributed by atoms with van der Waals surface area (Å²) >= 11 is 0. The second-order valence-corrected chi connectivity index (χ2v) is 7.05. The van der Waals surface area contributed by atoms with E-state index in [1.807, 2.05) is 13.0 Å². The molecule has 0 saturated heterocycles. The molecule has 4 nitrogen and oxygen atoms in total. The van der Waals surface area contributed by atoms with Crippen molar-refractivity contribution in [3.8, 4) is 28.5 Å². The molecular weight excluding hydrogens is 369 g/mol. The molecule has 3 aromatic rings. The number of hydrogen-bond acceptors (Lipinski definition) is 4. The minimum absolute atomic E-state index is 0.0405. The number of aromatic nitrogens is 1. The summed E-state index contributed by atoms with van der Waals surface area (Å²) < 4.78 is 24.5. The summed E-state index contributed by atoms with van der Waals surface area (Å²) in [5.74, 6) is 0.605.